The highest BCUT2D eigenvalue weighted by molar-refractivity contribution is 7.07. The van der Waals surface area contributed by atoms with Crippen molar-refractivity contribution in [3.05, 3.63) is 22.4 Å². The molecule has 2 aromatic heterocycles. The smallest absolute Gasteiger partial charge is 0.322 e. The first kappa shape index (κ1) is 11.6. The first-order valence-corrected chi connectivity index (χ1v) is 5.97. The van der Waals surface area contributed by atoms with Gasteiger partial charge in [0.1, 0.15) is 0 Å². The van der Waals surface area contributed by atoms with Crippen LogP contribution in [0.3, 0.4) is 0 Å². The highest BCUT2D eigenvalue weighted by Crippen LogP contribution is 2.20. The standard InChI is InChI=1S/C10H13N5OS/c1-6(7-3-4-17-5-7)12-9-13-8(11)14-10(15-9)16-2/h3-6H,1-2H3,(H3,11,12,13,14,15). The number of nitrogens with two attached hydrogens (primary N) is 1. The van der Waals surface area contributed by atoms with Crippen molar-refractivity contribution in [2.24, 2.45) is 0 Å². The molecule has 0 aliphatic heterocycles. The van der Waals surface area contributed by atoms with Crippen LogP contribution >= 0.6 is 11.3 Å². The van der Waals surface area contributed by atoms with Crippen LogP contribution in [0, 0.1) is 0 Å². The molecule has 0 saturated carbocycles. The third kappa shape index (κ3) is 2.82. The zero-order valence-electron chi connectivity index (χ0n) is 9.54. The maximum absolute atomic E-state index is 5.55. The van der Waals surface area contributed by atoms with Crippen LogP contribution in [0.2, 0.25) is 0 Å². The van der Waals surface area contributed by atoms with Crippen molar-refractivity contribution >= 4 is 23.2 Å². The fourth-order valence-corrected chi connectivity index (χ4v) is 2.08. The number of ether oxygens (including phenoxy) is 1. The monoisotopic (exact) mass is 251 g/mol. The Hall–Kier alpha value is -1.89. The van der Waals surface area contributed by atoms with E-state index in [0.29, 0.717) is 5.95 Å². The highest BCUT2D eigenvalue weighted by atomic mass is 32.1. The Bertz CT molecular complexity index is 487. The average molecular weight is 251 g/mol. The maximum atomic E-state index is 5.55. The van der Waals surface area contributed by atoms with Gasteiger partial charge < -0.3 is 15.8 Å². The predicted molar refractivity (Wildman–Crippen MR) is 67.1 cm³/mol. The lowest BCUT2D eigenvalue weighted by Gasteiger charge is -2.12. The van der Waals surface area contributed by atoms with Gasteiger partial charge in [-0.3, -0.25) is 0 Å². The Morgan fingerprint density at radius 3 is 2.88 bits per heavy atom. The Morgan fingerprint density at radius 2 is 2.24 bits per heavy atom. The van der Waals surface area contributed by atoms with Crippen LogP contribution in [-0.2, 0) is 0 Å². The zero-order chi connectivity index (χ0) is 12.3. The highest BCUT2D eigenvalue weighted by Gasteiger charge is 2.09. The van der Waals surface area contributed by atoms with E-state index in [-0.39, 0.29) is 18.0 Å². The molecule has 1 unspecified atom stereocenters. The molecule has 3 N–H and O–H groups in total. The summed E-state index contributed by atoms with van der Waals surface area (Å²) in [6.45, 7) is 2.02. The van der Waals surface area contributed by atoms with Crippen molar-refractivity contribution in [1.82, 2.24) is 15.0 Å². The molecule has 7 heteroatoms. The van der Waals surface area contributed by atoms with E-state index in [1.165, 1.54) is 12.7 Å². The number of anilines is 2. The summed E-state index contributed by atoms with van der Waals surface area (Å²) in [4.78, 5) is 11.9. The fourth-order valence-electron chi connectivity index (χ4n) is 1.33. The van der Waals surface area contributed by atoms with Crippen molar-refractivity contribution in [3.63, 3.8) is 0 Å². The SMILES string of the molecule is COc1nc(N)nc(NC(C)c2ccsc2)n1. The van der Waals surface area contributed by atoms with E-state index in [0.717, 1.165) is 0 Å². The van der Waals surface area contributed by atoms with Gasteiger partial charge in [0.05, 0.1) is 13.2 Å². The molecule has 0 aromatic carbocycles. The third-order valence-electron chi connectivity index (χ3n) is 2.20. The minimum absolute atomic E-state index is 0.104. The molecule has 2 rings (SSSR count). The lowest BCUT2D eigenvalue weighted by molar-refractivity contribution is 0.379. The lowest BCUT2D eigenvalue weighted by Crippen LogP contribution is -2.11. The van der Waals surface area contributed by atoms with E-state index < -0.39 is 0 Å². The second kappa shape index (κ2) is 4.96. The van der Waals surface area contributed by atoms with E-state index in [1.807, 2.05) is 18.4 Å². The number of nitrogens with one attached hydrogen (secondary N) is 1. The van der Waals surface area contributed by atoms with Gasteiger partial charge >= 0.3 is 6.01 Å². The van der Waals surface area contributed by atoms with Crippen molar-refractivity contribution in [3.8, 4) is 6.01 Å². The number of nitrogen functional groups attached to an aromatic ring is 1. The molecule has 0 saturated heterocycles. The molecule has 0 bridgehead atoms. The van der Waals surface area contributed by atoms with Crippen molar-refractivity contribution in [2.45, 2.75) is 13.0 Å². The van der Waals surface area contributed by atoms with E-state index in [9.17, 15) is 0 Å². The third-order valence-corrected chi connectivity index (χ3v) is 2.91. The fraction of sp³-hybridized carbons (Fsp3) is 0.300. The maximum Gasteiger partial charge on any atom is 0.322 e. The van der Waals surface area contributed by atoms with Gasteiger partial charge in [-0.05, 0) is 29.3 Å². The molecule has 0 aliphatic rings. The summed E-state index contributed by atoms with van der Waals surface area (Å²) < 4.78 is 4.93. The predicted octanol–water partition coefficient (Wildman–Crippen LogP) is 1.70. The summed E-state index contributed by atoms with van der Waals surface area (Å²) in [5.74, 6) is 0.546. The van der Waals surface area contributed by atoms with Gasteiger partial charge in [-0.25, -0.2) is 0 Å². The Labute approximate surface area is 103 Å². The van der Waals surface area contributed by atoms with Gasteiger partial charge in [0.15, 0.2) is 0 Å². The van der Waals surface area contributed by atoms with E-state index in [1.54, 1.807) is 11.3 Å². The number of thiophene rings is 1. The Kier molecular flexibility index (Phi) is 3.38. The summed E-state index contributed by atoms with van der Waals surface area (Å²) in [6.07, 6.45) is 0. The minimum atomic E-state index is 0.104. The number of rotatable bonds is 4. The number of nitrogens with zero attached hydrogens (tertiary/aromatic N) is 3. The van der Waals surface area contributed by atoms with Crippen LogP contribution in [0.5, 0.6) is 6.01 Å². The van der Waals surface area contributed by atoms with Gasteiger partial charge in [-0.2, -0.15) is 26.3 Å². The van der Waals surface area contributed by atoms with Gasteiger partial charge in [-0.15, -0.1) is 0 Å². The lowest BCUT2D eigenvalue weighted by atomic mass is 10.2. The quantitative estimate of drug-likeness (QED) is 0.860. The molecule has 17 heavy (non-hydrogen) atoms. The topological polar surface area (TPSA) is 86.0 Å². The molecule has 90 valence electrons. The molecular weight excluding hydrogens is 238 g/mol. The second-order valence-electron chi connectivity index (χ2n) is 3.43. The van der Waals surface area contributed by atoms with Crippen LogP contribution < -0.4 is 15.8 Å². The first-order chi connectivity index (χ1) is 8.19. The Balaban J connectivity index is 2.15. The summed E-state index contributed by atoms with van der Waals surface area (Å²) in [6, 6.07) is 2.36. The molecule has 6 nitrogen and oxygen atoms in total. The van der Waals surface area contributed by atoms with Crippen molar-refractivity contribution in [1.29, 1.82) is 0 Å². The van der Waals surface area contributed by atoms with Crippen LogP contribution in [0.1, 0.15) is 18.5 Å². The normalized spacial score (nSPS) is 12.1. The number of aromatic nitrogens is 3. The molecule has 0 spiro atoms. The average Bonchev–Trinajstić information content (AvgIpc) is 2.81. The second-order valence-corrected chi connectivity index (χ2v) is 4.21. The molecule has 1 atom stereocenters. The van der Waals surface area contributed by atoms with E-state index >= 15 is 0 Å². The van der Waals surface area contributed by atoms with E-state index in [4.69, 9.17) is 10.5 Å². The largest absolute Gasteiger partial charge is 0.467 e. The molecule has 0 radical (unpaired) electrons. The number of hydrogen-bond acceptors (Lipinski definition) is 7. The molecule has 2 aromatic rings. The molecular formula is C10H13N5OS. The van der Waals surface area contributed by atoms with Crippen LogP contribution in [0.4, 0.5) is 11.9 Å². The van der Waals surface area contributed by atoms with Gasteiger partial charge in [0.25, 0.3) is 0 Å². The summed E-state index contributed by atoms with van der Waals surface area (Å²) in [7, 11) is 1.49. The van der Waals surface area contributed by atoms with Crippen LogP contribution in [-0.4, -0.2) is 22.1 Å². The van der Waals surface area contributed by atoms with Gasteiger partial charge in [0.2, 0.25) is 11.9 Å². The summed E-state index contributed by atoms with van der Waals surface area (Å²) >= 11 is 1.65. The summed E-state index contributed by atoms with van der Waals surface area (Å²) in [5.41, 5.74) is 6.72. The summed E-state index contributed by atoms with van der Waals surface area (Å²) in [5, 5.41) is 7.24. The minimum Gasteiger partial charge on any atom is -0.467 e. The zero-order valence-corrected chi connectivity index (χ0v) is 10.4. The first-order valence-electron chi connectivity index (χ1n) is 5.03. The van der Waals surface area contributed by atoms with Crippen molar-refractivity contribution in [2.75, 3.05) is 18.2 Å². The molecule has 0 amide bonds. The molecule has 0 fully saturated rings. The Morgan fingerprint density at radius 1 is 1.41 bits per heavy atom. The van der Waals surface area contributed by atoms with Crippen molar-refractivity contribution < 1.29 is 4.74 Å². The van der Waals surface area contributed by atoms with Gasteiger partial charge in [-0.1, -0.05) is 0 Å². The van der Waals surface area contributed by atoms with E-state index in [2.05, 4.69) is 25.6 Å². The number of methoxy groups -OCH3 is 1. The van der Waals surface area contributed by atoms with Crippen LogP contribution in [0.25, 0.3) is 0 Å². The van der Waals surface area contributed by atoms with Crippen LogP contribution in [0.15, 0.2) is 16.8 Å². The van der Waals surface area contributed by atoms with Gasteiger partial charge in [0, 0.05) is 0 Å². The molecule has 0 aliphatic carbocycles. The number of hydrogen-bond donors (Lipinski definition) is 2. The molecule has 2 heterocycles.